The summed E-state index contributed by atoms with van der Waals surface area (Å²) in [6, 6.07) is 5.24. The van der Waals surface area contributed by atoms with E-state index < -0.39 is 0 Å². The molecular weight excluding hydrogens is 286 g/mol. The maximum Gasteiger partial charge on any atom is 0.257 e. The average Bonchev–Trinajstić information content (AvgIpc) is 2.99. The van der Waals surface area contributed by atoms with Gasteiger partial charge in [-0.1, -0.05) is 13.3 Å². The molecule has 2 rings (SSSR count). The van der Waals surface area contributed by atoms with Crippen molar-refractivity contribution in [1.82, 2.24) is 5.32 Å². The molecule has 0 spiro atoms. The Morgan fingerprint density at radius 3 is 2.91 bits per heavy atom. The monoisotopic (exact) mass is 309 g/mol. The zero-order valence-electron chi connectivity index (χ0n) is 12.9. The fraction of sp³-hybridized carbons (Fsp3) is 0.562. The Morgan fingerprint density at radius 2 is 2.05 bits per heavy atom. The lowest BCUT2D eigenvalue weighted by Gasteiger charge is -2.08. The normalized spacial score (nSPS) is 12.2. The third-order valence-corrected chi connectivity index (χ3v) is 3.14. The van der Waals surface area contributed by atoms with Gasteiger partial charge in [0.1, 0.15) is 5.75 Å². The molecule has 0 saturated heterocycles. The molecule has 0 saturated carbocycles. The first kappa shape index (κ1) is 16.4. The van der Waals surface area contributed by atoms with Gasteiger partial charge in [-0.15, -0.1) is 0 Å². The predicted molar refractivity (Wildman–Crippen MR) is 81.4 cm³/mol. The van der Waals surface area contributed by atoms with Gasteiger partial charge in [-0.05, 0) is 25.0 Å². The van der Waals surface area contributed by atoms with Crippen LogP contribution >= 0.6 is 0 Å². The van der Waals surface area contributed by atoms with Crippen molar-refractivity contribution >= 4 is 5.91 Å². The first-order valence-corrected chi connectivity index (χ1v) is 7.66. The standard InChI is InChI=1S/C16H23NO5/c1-2-3-8-19-9-4-7-17-16(18)11-20-13-5-6-14-15(10-13)22-12-21-14/h5-6,10H,2-4,7-9,11-12H2,1H3,(H,17,18). The van der Waals surface area contributed by atoms with Gasteiger partial charge in [-0.25, -0.2) is 0 Å². The first-order chi connectivity index (χ1) is 10.8. The van der Waals surface area contributed by atoms with Crippen LogP contribution in [0.25, 0.3) is 0 Å². The molecule has 0 atom stereocenters. The molecule has 1 amide bonds. The Morgan fingerprint density at radius 1 is 1.23 bits per heavy atom. The number of unbranched alkanes of at least 4 members (excludes halogenated alkanes) is 1. The van der Waals surface area contributed by atoms with Gasteiger partial charge in [0.25, 0.3) is 5.91 Å². The van der Waals surface area contributed by atoms with Gasteiger partial charge in [0.05, 0.1) is 0 Å². The highest BCUT2D eigenvalue weighted by Gasteiger charge is 2.14. The second-order valence-corrected chi connectivity index (χ2v) is 4.97. The summed E-state index contributed by atoms with van der Waals surface area (Å²) in [6.07, 6.45) is 3.02. The summed E-state index contributed by atoms with van der Waals surface area (Å²) in [4.78, 5) is 11.7. The van der Waals surface area contributed by atoms with Crippen LogP contribution in [-0.4, -0.2) is 39.1 Å². The molecule has 1 N–H and O–H groups in total. The fourth-order valence-corrected chi connectivity index (χ4v) is 1.92. The molecule has 6 heteroatoms. The van der Waals surface area contributed by atoms with Gasteiger partial charge in [-0.3, -0.25) is 4.79 Å². The average molecular weight is 309 g/mol. The highest BCUT2D eigenvalue weighted by Crippen LogP contribution is 2.34. The SMILES string of the molecule is CCCCOCCCNC(=O)COc1ccc2c(c1)OCO2. The Balaban J connectivity index is 1.56. The van der Waals surface area contributed by atoms with E-state index in [1.54, 1.807) is 18.2 Å². The van der Waals surface area contributed by atoms with Crippen LogP contribution in [-0.2, 0) is 9.53 Å². The molecule has 0 radical (unpaired) electrons. The van der Waals surface area contributed by atoms with Crippen molar-refractivity contribution in [2.75, 3.05) is 33.2 Å². The molecule has 1 aliphatic rings. The first-order valence-electron chi connectivity index (χ1n) is 7.66. The van der Waals surface area contributed by atoms with Gasteiger partial charge in [-0.2, -0.15) is 0 Å². The third kappa shape index (κ3) is 5.44. The Kier molecular flexibility index (Phi) is 6.83. The molecule has 0 fully saturated rings. The molecule has 1 aliphatic heterocycles. The topological polar surface area (TPSA) is 66.0 Å². The summed E-state index contributed by atoms with van der Waals surface area (Å²) < 4.78 is 21.3. The summed E-state index contributed by atoms with van der Waals surface area (Å²) in [5.41, 5.74) is 0. The van der Waals surface area contributed by atoms with E-state index >= 15 is 0 Å². The van der Waals surface area contributed by atoms with Crippen molar-refractivity contribution in [3.63, 3.8) is 0 Å². The van der Waals surface area contributed by atoms with Gasteiger partial charge in [0.2, 0.25) is 6.79 Å². The van der Waals surface area contributed by atoms with Crippen LogP contribution < -0.4 is 19.5 Å². The number of carbonyl (C=O) groups excluding carboxylic acids is 1. The third-order valence-electron chi connectivity index (χ3n) is 3.14. The number of ether oxygens (including phenoxy) is 4. The van der Waals surface area contributed by atoms with Gasteiger partial charge in [0.15, 0.2) is 18.1 Å². The zero-order valence-corrected chi connectivity index (χ0v) is 12.9. The number of hydrogen-bond donors (Lipinski definition) is 1. The highest BCUT2D eigenvalue weighted by molar-refractivity contribution is 5.77. The number of amides is 1. The minimum atomic E-state index is -0.147. The maximum atomic E-state index is 11.7. The summed E-state index contributed by atoms with van der Waals surface area (Å²) in [5.74, 6) is 1.77. The van der Waals surface area contributed by atoms with Gasteiger partial charge in [0, 0.05) is 25.8 Å². The Labute approximate surface area is 130 Å². The minimum absolute atomic E-state index is 0.0175. The molecule has 122 valence electrons. The van der Waals surface area contributed by atoms with E-state index in [9.17, 15) is 4.79 Å². The summed E-state index contributed by atoms with van der Waals surface area (Å²) >= 11 is 0. The number of carbonyl (C=O) groups is 1. The summed E-state index contributed by atoms with van der Waals surface area (Å²) in [7, 11) is 0. The lowest BCUT2D eigenvalue weighted by Crippen LogP contribution is -2.30. The van der Waals surface area contributed by atoms with Crippen molar-refractivity contribution in [3.05, 3.63) is 18.2 Å². The lowest BCUT2D eigenvalue weighted by atomic mass is 10.3. The molecule has 1 aromatic carbocycles. The molecule has 22 heavy (non-hydrogen) atoms. The minimum Gasteiger partial charge on any atom is -0.484 e. The predicted octanol–water partition coefficient (Wildman–Crippen LogP) is 2.12. The summed E-state index contributed by atoms with van der Waals surface area (Å²) in [6.45, 7) is 4.39. The van der Waals surface area contributed by atoms with Gasteiger partial charge >= 0.3 is 0 Å². The molecule has 6 nitrogen and oxygen atoms in total. The van der Waals surface area contributed by atoms with Crippen LogP contribution in [0.3, 0.4) is 0 Å². The van der Waals surface area contributed by atoms with Crippen molar-refractivity contribution < 1.29 is 23.7 Å². The number of hydrogen-bond acceptors (Lipinski definition) is 5. The van der Waals surface area contributed by atoms with Crippen LogP contribution in [0.2, 0.25) is 0 Å². The molecular formula is C16H23NO5. The highest BCUT2D eigenvalue weighted by atomic mass is 16.7. The second kappa shape index (κ2) is 9.15. The summed E-state index contributed by atoms with van der Waals surface area (Å²) in [5, 5.41) is 2.80. The number of fused-ring (bicyclic) bond motifs is 1. The quantitative estimate of drug-likeness (QED) is 0.671. The molecule has 0 aromatic heterocycles. The van der Waals surface area contributed by atoms with Crippen molar-refractivity contribution in [3.8, 4) is 17.2 Å². The van der Waals surface area contributed by atoms with E-state index in [4.69, 9.17) is 18.9 Å². The van der Waals surface area contributed by atoms with E-state index in [1.165, 1.54) is 0 Å². The molecule has 1 aromatic rings. The van der Waals surface area contributed by atoms with E-state index in [2.05, 4.69) is 12.2 Å². The smallest absolute Gasteiger partial charge is 0.257 e. The number of rotatable bonds is 10. The number of nitrogens with one attached hydrogen (secondary N) is 1. The Bertz CT molecular complexity index is 478. The van der Waals surface area contributed by atoms with Crippen LogP contribution in [0, 0.1) is 0 Å². The molecule has 0 unspecified atom stereocenters. The number of benzene rings is 1. The Hall–Kier alpha value is -1.95. The van der Waals surface area contributed by atoms with Crippen LogP contribution in [0.4, 0.5) is 0 Å². The lowest BCUT2D eigenvalue weighted by molar-refractivity contribution is -0.123. The largest absolute Gasteiger partial charge is 0.484 e. The molecule has 1 heterocycles. The van der Waals surface area contributed by atoms with Crippen LogP contribution in [0.1, 0.15) is 26.2 Å². The van der Waals surface area contributed by atoms with E-state index in [0.717, 1.165) is 25.9 Å². The van der Waals surface area contributed by atoms with Crippen molar-refractivity contribution in [2.45, 2.75) is 26.2 Å². The maximum absolute atomic E-state index is 11.7. The second-order valence-electron chi connectivity index (χ2n) is 4.97. The van der Waals surface area contributed by atoms with E-state index in [-0.39, 0.29) is 19.3 Å². The van der Waals surface area contributed by atoms with Crippen LogP contribution in [0.15, 0.2) is 18.2 Å². The van der Waals surface area contributed by atoms with Crippen molar-refractivity contribution in [2.24, 2.45) is 0 Å². The van der Waals surface area contributed by atoms with E-state index in [0.29, 0.717) is 30.4 Å². The molecule has 0 aliphatic carbocycles. The van der Waals surface area contributed by atoms with Gasteiger partial charge < -0.3 is 24.3 Å². The van der Waals surface area contributed by atoms with Crippen molar-refractivity contribution in [1.29, 1.82) is 0 Å². The fourth-order valence-electron chi connectivity index (χ4n) is 1.92. The van der Waals surface area contributed by atoms with Crippen LogP contribution in [0.5, 0.6) is 17.2 Å². The zero-order chi connectivity index (χ0) is 15.6. The molecule has 0 bridgehead atoms. The van der Waals surface area contributed by atoms with E-state index in [1.807, 2.05) is 0 Å².